The lowest BCUT2D eigenvalue weighted by Crippen LogP contribution is -1.92. The summed E-state index contributed by atoms with van der Waals surface area (Å²) >= 11 is 3.31. The number of hydrogen-bond acceptors (Lipinski definition) is 6. The molecule has 1 aliphatic heterocycles. The van der Waals surface area contributed by atoms with Gasteiger partial charge >= 0.3 is 0 Å². The maximum absolute atomic E-state index is 4.97. The van der Waals surface area contributed by atoms with Crippen LogP contribution >= 0.6 is 22.7 Å². The van der Waals surface area contributed by atoms with E-state index in [0.717, 1.165) is 43.8 Å². The Labute approximate surface area is 152 Å². The van der Waals surface area contributed by atoms with E-state index in [1.807, 2.05) is 36.0 Å². The molecule has 0 bridgehead atoms. The van der Waals surface area contributed by atoms with Crippen molar-refractivity contribution >= 4 is 40.2 Å². The van der Waals surface area contributed by atoms with Crippen LogP contribution in [-0.2, 0) is 0 Å². The van der Waals surface area contributed by atoms with E-state index in [1.165, 1.54) is 0 Å². The van der Waals surface area contributed by atoms with Gasteiger partial charge in [-0.2, -0.15) is 16.4 Å². The molecule has 0 saturated heterocycles. The van der Waals surface area contributed by atoms with E-state index in [4.69, 9.17) is 4.98 Å². The van der Waals surface area contributed by atoms with Crippen molar-refractivity contribution in [3.63, 3.8) is 0 Å². The van der Waals surface area contributed by atoms with Gasteiger partial charge in [0.15, 0.2) is 5.84 Å². The summed E-state index contributed by atoms with van der Waals surface area (Å²) in [5.41, 5.74) is 5.18. The molecule has 0 unspecified atom stereocenters. The Morgan fingerprint density at radius 1 is 1.20 bits per heavy atom. The van der Waals surface area contributed by atoms with Crippen LogP contribution in [-0.4, -0.2) is 33.2 Å². The van der Waals surface area contributed by atoms with E-state index in [9.17, 15) is 0 Å². The number of hydrogen-bond donors (Lipinski definition) is 0. The molecular weight excluding hydrogens is 350 g/mol. The average molecular weight is 363 g/mol. The number of amidine groups is 1. The third kappa shape index (κ3) is 2.35. The summed E-state index contributed by atoms with van der Waals surface area (Å²) in [6.45, 7) is 2.67. The van der Waals surface area contributed by atoms with E-state index < -0.39 is 0 Å². The van der Waals surface area contributed by atoms with Crippen LogP contribution in [0, 0.1) is 6.92 Å². The van der Waals surface area contributed by atoms with Crippen molar-refractivity contribution in [1.29, 1.82) is 0 Å². The van der Waals surface area contributed by atoms with E-state index in [0.29, 0.717) is 6.54 Å². The largest absolute Gasteiger partial charge is 0.260 e. The van der Waals surface area contributed by atoms with Crippen molar-refractivity contribution < 1.29 is 0 Å². The molecule has 0 amide bonds. The van der Waals surface area contributed by atoms with Crippen LogP contribution in [0.25, 0.3) is 27.3 Å². The van der Waals surface area contributed by atoms with Crippen LogP contribution in [0.2, 0.25) is 0 Å². The molecule has 4 aromatic rings. The molecule has 5 rings (SSSR count). The van der Waals surface area contributed by atoms with Crippen molar-refractivity contribution in [2.75, 3.05) is 6.54 Å². The van der Waals surface area contributed by atoms with Crippen LogP contribution in [0.3, 0.4) is 0 Å². The van der Waals surface area contributed by atoms with Crippen LogP contribution in [0.15, 0.2) is 51.2 Å². The fraction of sp³-hybridized carbons (Fsp3) is 0.111. The third-order valence-corrected chi connectivity index (χ3v) is 5.84. The lowest BCUT2D eigenvalue weighted by atomic mass is 10.2. The number of pyridine rings is 1. The molecule has 0 aliphatic carbocycles. The SMILES string of the molecule is Cc1nn2ccccc2c1-c1nc(-c2ccsc2)c(C2=NCC=N2)s1. The summed E-state index contributed by atoms with van der Waals surface area (Å²) in [6.07, 6.45) is 3.80. The lowest BCUT2D eigenvalue weighted by Gasteiger charge is -1.96. The van der Waals surface area contributed by atoms with Gasteiger partial charge in [0, 0.05) is 23.4 Å². The topological polar surface area (TPSA) is 54.9 Å². The first-order valence-electron chi connectivity index (χ1n) is 7.86. The molecule has 1 aliphatic rings. The molecule has 0 atom stereocenters. The number of fused-ring (bicyclic) bond motifs is 1. The molecule has 4 aromatic heterocycles. The van der Waals surface area contributed by atoms with E-state index in [1.54, 1.807) is 22.7 Å². The first-order valence-corrected chi connectivity index (χ1v) is 9.62. The number of rotatable bonds is 3. The van der Waals surface area contributed by atoms with Crippen molar-refractivity contribution in [2.24, 2.45) is 9.98 Å². The summed E-state index contributed by atoms with van der Waals surface area (Å²) in [5.74, 6) is 0.777. The van der Waals surface area contributed by atoms with E-state index in [2.05, 4.69) is 38.0 Å². The van der Waals surface area contributed by atoms with Gasteiger partial charge in [-0.1, -0.05) is 6.07 Å². The molecule has 0 aromatic carbocycles. The van der Waals surface area contributed by atoms with Crippen LogP contribution < -0.4 is 0 Å². The van der Waals surface area contributed by atoms with Gasteiger partial charge in [0.2, 0.25) is 0 Å². The number of aromatic nitrogens is 3. The smallest absolute Gasteiger partial charge is 0.167 e. The molecule has 25 heavy (non-hydrogen) atoms. The van der Waals surface area contributed by atoms with Crippen LogP contribution in [0.5, 0.6) is 0 Å². The molecule has 122 valence electrons. The zero-order chi connectivity index (χ0) is 16.8. The molecule has 7 heteroatoms. The molecule has 0 fully saturated rings. The predicted molar refractivity (Wildman–Crippen MR) is 104 cm³/mol. The van der Waals surface area contributed by atoms with E-state index in [-0.39, 0.29) is 0 Å². The molecule has 0 spiro atoms. The standard InChI is InChI=1S/C18H13N5S2/c1-11-14(13-4-2-3-8-23(13)22-11)18-21-15(12-5-9-24-10-12)16(25-18)17-19-6-7-20-17/h2-6,8-10H,7H2,1H3. The first-order chi connectivity index (χ1) is 12.3. The van der Waals surface area contributed by atoms with Gasteiger partial charge in [0.25, 0.3) is 0 Å². The molecular formula is C18H13N5S2. The zero-order valence-corrected chi connectivity index (χ0v) is 15.0. The highest BCUT2D eigenvalue weighted by Gasteiger charge is 2.22. The minimum absolute atomic E-state index is 0.640. The average Bonchev–Trinajstić information content (AvgIpc) is 3.38. The molecule has 0 N–H and O–H groups in total. The Balaban J connectivity index is 1.76. The Bertz CT molecular complexity index is 1130. The van der Waals surface area contributed by atoms with Crippen molar-refractivity contribution in [3.8, 4) is 21.8 Å². The maximum Gasteiger partial charge on any atom is 0.167 e. The number of aryl methyl sites for hydroxylation is 1. The highest BCUT2D eigenvalue weighted by Crippen LogP contribution is 2.38. The quantitative estimate of drug-likeness (QED) is 0.544. The predicted octanol–water partition coefficient (Wildman–Crippen LogP) is 4.33. The van der Waals surface area contributed by atoms with Crippen molar-refractivity contribution in [1.82, 2.24) is 14.6 Å². The van der Waals surface area contributed by atoms with Gasteiger partial charge in [-0.25, -0.2) is 14.5 Å². The van der Waals surface area contributed by atoms with Gasteiger partial charge in [0.05, 0.1) is 33.9 Å². The Morgan fingerprint density at radius 3 is 2.96 bits per heavy atom. The first kappa shape index (κ1) is 14.7. The van der Waals surface area contributed by atoms with Gasteiger partial charge in [-0.15, -0.1) is 11.3 Å². The van der Waals surface area contributed by atoms with Crippen molar-refractivity contribution in [3.05, 3.63) is 51.8 Å². The highest BCUT2D eigenvalue weighted by atomic mass is 32.1. The lowest BCUT2D eigenvalue weighted by molar-refractivity contribution is 0.934. The highest BCUT2D eigenvalue weighted by molar-refractivity contribution is 7.17. The number of thiazole rings is 1. The maximum atomic E-state index is 4.97. The summed E-state index contributed by atoms with van der Waals surface area (Å²) in [5, 5.41) is 9.76. The summed E-state index contributed by atoms with van der Waals surface area (Å²) < 4.78 is 1.90. The second kappa shape index (κ2) is 5.72. The van der Waals surface area contributed by atoms with Gasteiger partial charge in [-0.05, 0) is 30.5 Å². The molecule has 5 nitrogen and oxygen atoms in total. The molecule has 0 saturated carbocycles. The molecule has 0 radical (unpaired) electrons. The Morgan fingerprint density at radius 2 is 2.16 bits per heavy atom. The van der Waals surface area contributed by atoms with Gasteiger partial charge in [-0.3, -0.25) is 4.99 Å². The van der Waals surface area contributed by atoms with Crippen molar-refractivity contribution in [2.45, 2.75) is 6.92 Å². The Kier molecular flexibility index (Phi) is 3.36. The number of thiophene rings is 1. The Hall–Kier alpha value is -2.64. The van der Waals surface area contributed by atoms with E-state index >= 15 is 0 Å². The van der Waals surface area contributed by atoms with Crippen LogP contribution in [0.1, 0.15) is 10.6 Å². The summed E-state index contributed by atoms with van der Waals surface area (Å²) in [6, 6.07) is 8.18. The van der Waals surface area contributed by atoms with Gasteiger partial charge in [0.1, 0.15) is 5.01 Å². The normalized spacial score (nSPS) is 13.7. The number of nitrogens with zero attached hydrogens (tertiary/aromatic N) is 5. The second-order valence-electron chi connectivity index (χ2n) is 5.68. The second-order valence-corrected chi connectivity index (χ2v) is 7.45. The third-order valence-electron chi connectivity index (χ3n) is 4.09. The fourth-order valence-electron chi connectivity index (χ4n) is 2.98. The fourth-order valence-corrected chi connectivity index (χ4v) is 4.77. The monoisotopic (exact) mass is 363 g/mol. The number of aliphatic imine (C=N–C) groups is 2. The molecule has 5 heterocycles. The zero-order valence-electron chi connectivity index (χ0n) is 13.4. The minimum Gasteiger partial charge on any atom is -0.260 e. The van der Waals surface area contributed by atoms with Gasteiger partial charge < -0.3 is 0 Å². The minimum atomic E-state index is 0.640. The summed E-state index contributed by atoms with van der Waals surface area (Å²) in [7, 11) is 0. The summed E-state index contributed by atoms with van der Waals surface area (Å²) in [4.78, 5) is 14.9. The van der Waals surface area contributed by atoms with Crippen LogP contribution in [0.4, 0.5) is 0 Å².